The highest BCUT2D eigenvalue weighted by atomic mass is 15.0. The second-order valence-corrected chi connectivity index (χ2v) is 2.94. The smallest absolute Gasteiger partial charge is 0.111 e. The van der Waals surface area contributed by atoms with Crippen LogP contribution in [0.4, 0.5) is 5.69 Å². The number of anilines is 1. The summed E-state index contributed by atoms with van der Waals surface area (Å²) in [5.41, 5.74) is 1.77. The first kappa shape index (κ1) is 11.0. The van der Waals surface area contributed by atoms with E-state index in [2.05, 4.69) is 21.2 Å². The Morgan fingerprint density at radius 3 is 3.00 bits per heavy atom. The molecule has 1 N–H and O–H groups in total. The van der Waals surface area contributed by atoms with Gasteiger partial charge < -0.3 is 5.32 Å². The van der Waals surface area contributed by atoms with Crippen LogP contribution in [0.5, 0.6) is 0 Å². The number of hydrogen-bond acceptors (Lipinski definition) is 1. The highest BCUT2D eigenvalue weighted by Gasteiger charge is 1.94. The minimum Gasteiger partial charge on any atom is -0.344 e. The molecule has 0 bridgehead atoms. The lowest BCUT2D eigenvalue weighted by Gasteiger charge is -2.04. The first-order chi connectivity index (χ1) is 7.26. The number of nitrogens with zero attached hydrogens (tertiary/aromatic N) is 2. The molecule has 15 heavy (non-hydrogen) atoms. The average molecular weight is 199 g/mol. The normalized spacial score (nSPS) is 11.4. The summed E-state index contributed by atoms with van der Waals surface area (Å²) in [4.78, 5) is 7.82. The second kappa shape index (κ2) is 5.61. The van der Waals surface area contributed by atoms with Crippen molar-refractivity contribution in [1.82, 2.24) is 0 Å². The molecular weight excluding hydrogens is 186 g/mol. The minimum atomic E-state index is 0.773. The molecule has 0 fully saturated rings. The molecule has 0 unspecified atom stereocenters. The van der Waals surface area contributed by atoms with E-state index in [1.54, 1.807) is 7.05 Å². The molecule has 0 atom stereocenters. The third-order valence-electron chi connectivity index (χ3n) is 1.72. The minimum absolute atomic E-state index is 0.773. The maximum atomic E-state index is 5.30. The Labute approximate surface area is 90.0 Å². The predicted octanol–water partition coefficient (Wildman–Crippen LogP) is 2.16. The summed E-state index contributed by atoms with van der Waals surface area (Å²) >= 11 is 0. The zero-order valence-corrected chi connectivity index (χ0v) is 8.86. The average Bonchev–Trinajstić information content (AvgIpc) is 2.26. The van der Waals surface area contributed by atoms with Gasteiger partial charge in [-0.25, -0.2) is 4.99 Å². The van der Waals surface area contributed by atoms with Crippen LogP contribution in [0.3, 0.4) is 0 Å². The van der Waals surface area contributed by atoms with Gasteiger partial charge >= 0.3 is 0 Å². The molecule has 0 aliphatic rings. The SMILES string of the molecule is C#Cc1cccc(NC(C)=NC=NC)c1. The number of nitrogens with one attached hydrogen (secondary N) is 1. The van der Waals surface area contributed by atoms with Gasteiger partial charge in [-0.05, 0) is 25.1 Å². The lowest BCUT2D eigenvalue weighted by molar-refractivity contribution is 1.43. The third kappa shape index (κ3) is 3.65. The van der Waals surface area contributed by atoms with Crippen molar-refractivity contribution in [2.75, 3.05) is 12.4 Å². The summed E-state index contributed by atoms with van der Waals surface area (Å²) in [6.45, 7) is 1.87. The standard InChI is InChI=1S/C12H13N3/c1-4-11-6-5-7-12(8-11)15-10(2)14-9-13-3/h1,5-9H,2-3H3,(H,13,14,15). The van der Waals surface area contributed by atoms with Crippen molar-refractivity contribution < 1.29 is 0 Å². The van der Waals surface area contributed by atoms with Crippen LogP contribution >= 0.6 is 0 Å². The highest BCUT2D eigenvalue weighted by molar-refractivity contribution is 5.97. The summed E-state index contributed by atoms with van der Waals surface area (Å²) in [7, 11) is 1.68. The van der Waals surface area contributed by atoms with E-state index in [1.807, 2.05) is 31.2 Å². The largest absolute Gasteiger partial charge is 0.344 e. The van der Waals surface area contributed by atoms with Crippen LogP contribution in [0.15, 0.2) is 34.3 Å². The van der Waals surface area contributed by atoms with Gasteiger partial charge in [0.1, 0.15) is 12.2 Å². The summed E-state index contributed by atoms with van der Waals surface area (Å²) in [6, 6.07) is 7.61. The van der Waals surface area contributed by atoms with Gasteiger partial charge in [-0.3, -0.25) is 4.99 Å². The Balaban J connectivity index is 2.77. The fraction of sp³-hybridized carbons (Fsp3) is 0.167. The molecule has 0 amide bonds. The van der Waals surface area contributed by atoms with E-state index in [4.69, 9.17) is 6.42 Å². The van der Waals surface area contributed by atoms with E-state index in [1.165, 1.54) is 6.34 Å². The van der Waals surface area contributed by atoms with Crippen LogP contribution in [-0.4, -0.2) is 19.2 Å². The molecule has 76 valence electrons. The van der Waals surface area contributed by atoms with Gasteiger partial charge in [0.05, 0.1) is 0 Å². The summed E-state index contributed by atoms with van der Waals surface area (Å²) in [6.07, 6.45) is 6.79. The molecule has 1 aromatic rings. The van der Waals surface area contributed by atoms with Crippen LogP contribution < -0.4 is 5.32 Å². The third-order valence-corrected chi connectivity index (χ3v) is 1.72. The van der Waals surface area contributed by atoms with Crippen molar-refractivity contribution in [2.45, 2.75) is 6.92 Å². The molecule has 3 nitrogen and oxygen atoms in total. The Hall–Kier alpha value is -2.08. The predicted molar refractivity (Wildman–Crippen MR) is 65.5 cm³/mol. The monoisotopic (exact) mass is 199 g/mol. The van der Waals surface area contributed by atoms with Gasteiger partial charge in [-0.1, -0.05) is 12.0 Å². The maximum absolute atomic E-state index is 5.30. The molecule has 0 saturated carbocycles. The van der Waals surface area contributed by atoms with Crippen LogP contribution in [0.1, 0.15) is 12.5 Å². The van der Waals surface area contributed by atoms with Crippen molar-refractivity contribution in [1.29, 1.82) is 0 Å². The zero-order valence-electron chi connectivity index (χ0n) is 8.86. The Bertz CT molecular complexity index is 425. The lowest BCUT2D eigenvalue weighted by atomic mass is 10.2. The van der Waals surface area contributed by atoms with Crippen molar-refractivity contribution in [3.8, 4) is 12.3 Å². The Kier molecular flexibility index (Phi) is 4.11. The van der Waals surface area contributed by atoms with Crippen molar-refractivity contribution in [2.24, 2.45) is 9.98 Å². The van der Waals surface area contributed by atoms with Gasteiger partial charge in [-0.2, -0.15) is 0 Å². The second-order valence-electron chi connectivity index (χ2n) is 2.94. The molecule has 3 heteroatoms. The van der Waals surface area contributed by atoms with Gasteiger partial charge in [-0.15, -0.1) is 6.42 Å². The maximum Gasteiger partial charge on any atom is 0.111 e. The molecule has 0 radical (unpaired) electrons. The quantitative estimate of drug-likeness (QED) is 0.442. The van der Waals surface area contributed by atoms with E-state index in [0.717, 1.165) is 17.1 Å². The van der Waals surface area contributed by atoms with E-state index in [0.29, 0.717) is 0 Å². The van der Waals surface area contributed by atoms with Crippen LogP contribution in [-0.2, 0) is 0 Å². The lowest BCUT2D eigenvalue weighted by Crippen LogP contribution is -2.07. The molecule has 0 spiro atoms. The van der Waals surface area contributed by atoms with Crippen LogP contribution in [0.2, 0.25) is 0 Å². The van der Waals surface area contributed by atoms with E-state index >= 15 is 0 Å². The summed E-state index contributed by atoms with van der Waals surface area (Å²) in [5.74, 6) is 3.35. The fourth-order valence-corrected chi connectivity index (χ4v) is 1.07. The van der Waals surface area contributed by atoms with Gasteiger partial charge in [0.25, 0.3) is 0 Å². The Morgan fingerprint density at radius 2 is 2.33 bits per heavy atom. The molecule has 0 heterocycles. The summed E-state index contributed by atoms with van der Waals surface area (Å²) in [5, 5.41) is 3.11. The van der Waals surface area contributed by atoms with E-state index in [9.17, 15) is 0 Å². The van der Waals surface area contributed by atoms with Crippen molar-refractivity contribution in [3.05, 3.63) is 29.8 Å². The molecule has 1 rings (SSSR count). The molecule has 0 aliphatic carbocycles. The van der Waals surface area contributed by atoms with Crippen LogP contribution in [0.25, 0.3) is 0 Å². The van der Waals surface area contributed by atoms with E-state index < -0.39 is 0 Å². The van der Waals surface area contributed by atoms with Crippen molar-refractivity contribution in [3.63, 3.8) is 0 Å². The molecule has 0 saturated heterocycles. The number of benzene rings is 1. The van der Waals surface area contributed by atoms with Crippen molar-refractivity contribution >= 4 is 17.9 Å². The molecule has 0 aromatic heterocycles. The van der Waals surface area contributed by atoms with Gasteiger partial charge in [0.15, 0.2) is 0 Å². The highest BCUT2D eigenvalue weighted by Crippen LogP contribution is 2.09. The molecule has 0 aliphatic heterocycles. The van der Waals surface area contributed by atoms with Crippen LogP contribution in [0, 0.1) is 12.3 Å². The fourth-order valence-electron chi connectivity index (χ4n) is 1.07. The number of rotatable bonds is 2. The molecule has 1 aromatic carbocycles. The topological polar surface area (TPSA) is 36.8 Å². The number of terminal acetylenes is 1. The first-order valence-electron chi connectivity index (χ1n) is 4.55. The van der Waals surface area contributed by atoms with Gasteiger partial charge in [0, 0.05) is 18.3 Å². The summed E-state index contributed by atoms with van der Waals surface area (Å²) < 4.78 is 0. The van der Waals surface area contributed by atoms with Gasteiger partial charge in [0.2, 0.25) is 0 Å². The Morgan fingerprint density at radius 1 is 1.53 bits per heavy atom. The number of aliphatic imine (C=N–C) groups is 2. The first-order valence-corrected chi connectivity index (χ1v) is 4.55. The molecular formula is C12H13N3. The number of amidine groups is 1. The number of hydrogen-bond donors (Lipinski definition) is 1. The van der Waals surface area contributed by atoms with E-state index in [-0.39, 0.29) is 0 Å². The zero-order chi connectivity index (χ0) is 11.1.